The summed E-state index contributed by atoms with van der Waals surface area (Å²) in [5.74, 6) is -1.82. The molecule has 5 heteroatoms. The van der Waals surface area contributed by atoms with E-state index in [1.807, 2.05) is 6.92 Å². The number of carboxylic acids is 1. The van der Waals surface area contributed by atoms with Crippen LogP contribution in [0.15, 0.2) is 28.7 Å². The van der Waals surface area contributed by atoms with Gasteiger partial charge in [-0.05, 0) is 38.1 Å². The highest BCUT2D eigenvalue weighted by atomic mass is 16.4. The number of aromatic carboxylic acids is 1. The van der Waals surface area contributed by atoms with Gasteiger partial charge >= 0.3 is 5.97 Å². The van der Waals surface area contributed by atoms with Crippen molar-refractivity contribution in [3.8, 4) is 0 Å². The van der Waals surface area contributed by atoms with Gasteiger partial charge in [0.15, 0.2) is 5.76 Å². The fourth-order valence-corrected chi connectivity index (χ4v) is 1.63. The van der Waals surface area contributed by atoms with Crippen molar-refractivity contribution in [2.24, 2.45) is 0 Å². The van der Waals surface area contributed by atoms with E-state index in [1.165, 1.54) is 12.1 Å². The number of carboxylic acid groups (broad SMARTS) is 1. The largest absolute Gasteiger partial charge is 0.475 e. The molecule has 18 heavy (non-hydrogen) atoms. The number of hydrogen-bond donors (Lipinski definition) is 1. The Kier molecular flexibility index (Phi) is 2.97. The molecule has 92 valence electrons. The Hall–Kier alpha value is -2.43. The van der Waals surface area contributed by atoms with Crippen LogP contribution in [0.4, 0.5) is 0 Å². The second-order valence-corrected chi connectivity index (χ2v) is 3.88. The van der Waals surface area contributed by atoms with Crippen LogP contribution < -0.4 is 0 Å². The molecule has 0 aliphatic heterocycles. The summed E-state index contributed by atoms with van der Waals surface area (Å²) in [6.45, 7) is 3.55. The van der Waals surface area contributed by atoms with Gasteiger partial charge in [0.25, 0.3) is 0 Å². The van der Waals surface area contributed by atoms with Crippen LogP contribution in [0.3, 0.4) is 0 Å². The van der Waals surface area contributed by atoms with Crippen LogP contribution in [0.2, 0.25) is 0 Å². The van der Waals surface area contributed by atoms with Crippen LogP contribution >= 0.6 is 0 Å². The molecule has 0 radical (unpaired) electrons. The van der Waals surface area contributed by atoms with E-state index in [0.717, 1.165) is 5.69 Å². The van der Waals surface area contributed by atoms with Crippen molar-refractivity contribution >= 4 is 11.8 Å². The summed E-state index contributed by atoms with van der Waals surface area (Å²) in [5.41, 5.74) is 1.81. The summed E-state index contributed by atoms with van der Waals surface area (Å²) in [5, 5.41) is 8.72. The van der Waals surface area contributed by atoms with Crippen molar-refractivity contribution in [3.63, 3.8) is 0 Å². The van der Waals surface area contributed by atoms with Gasteiger partial charge in [0.2, 0.25) is 11.5 Å². The van der Waals surface area contributed by atoms with E-state index in [-0.39, 0.29) is 17.3 Å². The molecule has 0 saturated heterocycles. The van der Waals surface area contributed by atoms with Crippen LogP contribution in [0.25, 0.3) is 0 Å². The molecule has 0 amide bonds. The number of ketones is 1. The molecule has 2 heterocycles. The Morgan fingerprint density at radius 2 is 1.78 bits per heavy atom. The second kappa shape index (κ2) is 4.44. The van der Waals surface area contributed by atoms with Crippen molar-refractivity contribution in [2.45, 2.75) is 13.8 Å². The van der Waals surface area contributed by atoms with Crippen molar-refractivity contribution in [2.75, 3.05) is 0 Å². The molecule has 0 aromatic carbocycles. The molecular formula is C13H11NO4. The third-order valence-electron chi connectivity index (χ3n) is 2.51. The number of rotatable bonds is 3. The minimum absolute atomic E-state index is 0.00107. The van der Waals surface area contributed by atoms with Crippen molar-refractivity contribution in [1.82, 2.24) is 4.98 Å². The quantitative estimate of drug-likeness (QED) is 0.838. The van der Waals surface area contributed by atoms with E-state index in [2.05, 4.69) is 4.98 Å². The topological polar surface area (TPSA) is 80.4 Å². The lowest BCUT2D eigenvalue weighted by molar-refractivity contribution is 0.0660. The molecule has 0 unspecified atom stereocenters. The van der Waals surface area contributed by atoms with Gasteiger partial charge in [0.05, 0.1) is 0 Å². The van der Waals surface area contributed by atoms with E-state index in [4.69, 9.17) is 9.52 Å². The smallest absolute Gasteiger partial charge is 0.371 e. The molecule has 0 atom stereocenters. The average molecular weight is 245 g/mol. The number of carbonyl (C=O) groups excluding carboxylic acids is 1. The Bertz CT molecular complexity index is 628. The summed E-state index contributed by atoms with van der Waals surface area (Å²) in [4.78, 5) is 26.9. The lowest BCUT2D eigenvalue weighted by Crippen LogP contribution is -2.04. The van der Waals surface area contributed by atoms with E-state index in [0.29, 0.717) is 11.3 Å². The Balaban J connectivity index is 2.38. The maximum Gasteiger partial charge on any atom is 0.371 e. The summed E-state index contributed by atoms with van der Waals surface area (Å²) >= 11 is 0. The first kappa shape index (κ1) is 12.0. The SMILES string of the molecule is Cc1ccc(C(=O)c2ccc(C(=O)O)o2)c(C)n1. The van der Waals surface area contributed by atoms with Crippen molar-refractivity contribution in [1.29, 1.82) is 0 Å². The standard InChI is InChI=1S/C13H11NO4/c1-7-3-4-9(8(2)14-7)12(15)10-5-6-11(18-10)13(16)17/h3-6H,1-2H3,(H,16,17). The summed E-state index contributed by atoms with van der Waals surface area (Å²) < 4.78 is 4.97. The number of pyridine rings is 1. The Morgan fingerprint density at radius 3 is 2.33 bits per heavy atom. The molecule has 2 rings (SSSR count). The fraction of sp³-hybridized carbons (Fsp3) is 0.154. The predicted molar refractivity (Wildman–Crippen MR) is 62.8 cm³/mol. The number of aryl methyl sites for hydroxylation is 2. The van der Waals surface area contributed by atoms with E-state index in [9.17, 15) is 9.59 Å². The zero-order chi connectivity index (χ0) is 13.3. The van der Waals surface area contributed by atoms with Crippen LogP contribution in [-0.2, 0) is 0 Å². The van der Waals surface area contributed by atoms with Gasteiger partial charge in [-0.2, -0.15) is 0 Å². The Morgan fingerprint density at radius 1 is 1.11 bits per heavy atom. The van der Waals surface area contributed by atoms with E-state index >= 15 is 0 Å². The molecular weight excluding hydrogens is 234 g/mol. The molecule has 5 nitrogen and oxygen atoms in total. The molecule has 2 aromatic rings. The molecule has 0 bridgehead atoms. The molecule has 0 spiro atoms. The predicted octanol–water partition coefficient (Wildman–Crippen LogP) is 2.22. The first-order valence-electron chi connectivity index (χ1n) is 5.31. The first-order valence-corrected chi connectivity index (χ1v) is 5.31. The second-order valence-electron chi connectivity index (χ2n) is 3.88. The molecule has 0 fully saturated rings. The molecule has 0 aliphatic carbocycles. The van der Waals surface area contributed by atoms with Gasteiger partial charge in [-0.1, -0.05) is 0 Å². The third kappa shape index (κ3) is 2.15. The number of aromatic nitrogens is 1. The highest BCUT2D eigenvalue weighted by molar-refractivity contribution is 6.08. The highest BCUT2D eigenvalue weighted by Crippen LogP contribution is 2.16. The number of nitrogens with zero attached hydrogens (tertiary/aromatic N) is 1. The number of carbonyl (C=O) groups is 2. The number of furan rings is 1. The van der Waals surface area contributed by atoms with Crippen LogP contribution in [0.5, 0.6) is 0 Å². The molecule has 1 N–H and O–H groups in total. The zero-order valence-corrected chi connectivity index (χ0v) is 9.93. The van der Waals surface area contributed by atoms with E-state index < -0.39 is 5.97 Å². The summed E-state index contributed by atoms with van der Waals surface area (Å²) in [6.07, 6.45) is 0. The van der Waals surface area contributed by atoms with Gasteiger partial charge in [0.1, 0.15) is 0 Å². The number of hydrogen-bond acceptors (Lipinski definition) is 4. The minimum Gasteiger partial charge on any atom is -0.475 e. The van der Waals surface area contributed by atoms with Crippen LogP contribution in [-0.4, -0.2) is 21.8 Å². The van der Waals surface area contributed by atoms with Gasteiger partial charge < -0.3 is 9.52 Å². The zero-order valence-electron chi connectivity index (χ0n) is 9.93. The monoisotopic (exact) mass is 245 g/mol. The van der Waals surface area contributed by atoms with Gasteiger partial charge in [0, 0.05) is 17.0 Å². The maximum atomic E-state index is 12.1. The van der Waals surface area contributed by atoms with Gasteiger partial charge in [-0.3, -0.25) is 9.78 Å². The van der Waals surface area contributed by atoms with Crippen LogP contribution in [0, 0.1) is 13.8 Å². The average Bonchev–Trinajstić information content (AvgIpc) is 2.77. The first-order chi connectivity index (χ1) is 8.49. The molecule has 2 aromatic heterocycles. The van der Waals surface area contributed by atoms with Gasteiger partial charge in [-0.25, -0.2) is 4.79 Å². The van der Waals surface area contributed by atoms with E-state index in [1.54, 1.807) is 19.1 Å². The Labute approximate surface area is 103 Å². The lowest BCUT2D eigenvalue weighted by atomic mass is 10.1. The summed E-state index contributed by atoms with van der Waals surface area (Å²) in [7, 11) is 0. The van der Waals surface area contributed by atoms with Crippen molar-refractivity contribution in [3.05, 3.63) is 52.7 Å². The maximum absolute atomic E-state index is 12.1. The summed E-state index contributed by atoms with van der Waals surface area (Å²) in [6, 6.07) is 5.99. The van der Waals surface area contributed by atoms with Crippen LogP contribution in [0.1, 0.15) is 38.1 Å². The lowest BCUT2D eigenvalue weighted by Gasteiger charge is -2.02. The minimum atomic E-state index is -1.20. The highest BCUT2D eigenvalue weighted by Gasteiger charge is 2.18. The molecule has 0 saturated carbocycles. The van der Waals surface area contributed by atoms with Gasteiger partial charge in [-0.15, -0.1) is 0 Å². The fourth-order valence-electron chi connectivity index (χ4n) is 1.63. The normalized spacial score (nSPS) is 10.3. The van der Waals surface area contributed by atoms with Crippen molar-refractivity contribution < 1.29 is 19.1 Å². The molecule has 0 aliphatic rings. The third-order valence-corrected chi connectivity index (χ3v) is 2.51.